The minimum Gasteiger partial charge on any atom is -0.461 e. The molecule has 0 spiro atoms. The Morgan fingerprint density at radius 2 is 1.66 bits per heavy atom. The fourth-order valence-electron chi connectivity index (χ4n) is 6.23. The van der Waals surface area contributed by atoms with Crippen LogP contribution in [0.15, 0.2) is 22.9 Å². The van der Waals surface area contributed by atoms with Gasteiger partial charge in [-0.15, -0.1) is 0 Å². The Balaban J connectivity index is 0.00000245. The molecule has 1 aromatic rings. The van der Waals surface area contributed by atoms with Gasteiger partial charge in [0, 0.05) is 11.5 Å². The zero-order valence-corrected chi connectivity index (χ0v) is 18.7. The Morgan fingerprint density at radius 3 is 2.25 bits per heavy atom. The summed E-state index contributed by atoms with van der Waals surface area (Å²) in [7, 11) is 0. The first kappa shape index (κ1) is 22.7. The lowest BCUT2D eigenvalue weighted by Gasteiger charge is -2.28. The van der Waals surface area contributed by atoms with Gasteiger partial charge in [-0.25, -0.2) is 4.79 Å². The maximum Gasteiger partial charge on any atom is 0.356 e. The quantitative estimate of drug-likeness (QED) is 0.647. The number of carbonyl (C=O) groups is 2. The maximum absolute atomic E-state index is 13.9. The number of allylic oxidation sites excluding steroid dienone is 1. The molecular formula is C26H33NO5. The number of hydrogen-bond acceptors (Lipinski definition) is 6. The minimum absolute atomic E-state index is 0. The van der Waals surface area contributed by atoms with E-state index in [1.807, 2.05) is 0 Å². The van der Waals surface area contributed by atoms with Gasteiger partial charge in [0.1, 0.15) is 6.10 Å². The number of aryl methyl sites for hydroxylation is 3. The molecule has 5 rings (SSSR count). The highest BCUT2D eigenvalue weighted by Gasteiger charge is 2.69. The highest BCUT2D eigenvalue weighted by atomic mass is 16.7. The van der Waals surface area contributed by atoms with Crippen molar-refractivity contribution in [3.63, 3.8) is 0 Å². The SMILES string of the molecule is C.CCOC(=O)C1=NOC2C1C1OC2[C@H]2C(C)=C(c3c(CC)cc(C)cc3CC)C(=O)[C@@H]12. The van der Waals surface area contributed by atoms with Crippen molar-refractivity contribution in [2.45, 2.75) is 73.2 Å². The molecule has 172 valence electrons. The van der Waals surface area contributed by atoms with Gasteiger partial charge in [-0.2, -0.15) is 0 Å². The molecule has 2 bridgehead atoms. The molecule has 4 aliphatic rings. The van der Waals surface area contributed by atoms with Crippen LogP contribution in [0.3, 0.4) is 0 Å². The van der Waals surface area contributed by atoms with Crippen molar-refractivity contribution < 1.29 is 23.9 Å². The molecule has 0 saturated carbocycles. The number of carbonyl (C=O) groups excluding carboxylic acids is 2. The molecule has 0 N–H and O–H groups in total. The molecule has 1 aliphatic carbocycles. The smallest absolute Gasteiger partial charge is 0.356 e. The lowest BCUT2D eigenvalue weighted by molar-refractivity contribution is -0.135. The summed E-state index contributed by atoms with van der Waals surface area (Å²) >= 11 is 0. The van der Waals surface area contributed by atoms with E-state index >= 15 is 0 Å². The third kappa shape index (κ3) is 2.92. The molecule has 2 fully saturated rings. The number of oxime groups is 1. The van der Waals surface area contributed by atoms with Gasteiger partial charge in [-0.05, 0) is 50.3 Å². The number of ketones is 1. The van der Waals surface area contributed by atoms with Crippen LogP contribution >= 0.6 is 0 Å². The molecule has 6 atom stereocenters. The second-order valence-electron chi connectivity index (χ2n) is 9.00. The molecule has 6 nitrogen and oxygen atoms in total. The fraction of sp³-hybridized carbons (Fsp3) is 0.577. The molecule has 0 amide bonds. The van der Waals surface area contributed by atoms with Crippen LogP contribution in [0.2, 0.25) is 0 Å². The number of benzene rings is 1. The highest BCUT2D eigenvalue weighted by Crippen LogP contribution is 2.58. The van der Waals surface area contributed by atoms with Crippen LogP contribution < -0.4 is 0 Å². The number of rotatable bonds is 5. The summed E-state index contributed by atoms with van der Waals surface area (Å²) in [6.07, 6.45) is 0.757. The van der Waals surface area contributed by atoms with Gasteiger partial charge in [0.05, 0.1) is 24.5 Å². The van der Waals surface area contributed by atoms with Gasteiger partial charge >= 0.3 is 5.97 Å². The first-order valence-electron chi connectivity index (χ1n) is 11.4. The Kier molecular flexibility index (Phi) is 5.78. The molecule has 6 heteroatoms. The minimum atomic E-state index is -0.474. The van der Waals surface area contributed by atoms with E-state index in [-0.39, 0.29) is 55.5 Å². The second-order valence-corrected chi connectivity index (χ2v) is 9.00. The summed E-state index contributed by atoms with van der Waals surface area (Å²) in [5, 5.41) is 4.03. The van der Waals surface area contributed by atoms with Crippen LogP contribution in [0, 0.1) is 24.7 Å². The van der Waals surface area contributed by atoms with Crippen molar-refractivity contribution in [1.82, 2.24) is 0 Å². The zero-order valence-electron chi connectivity index (χ0n) is 18.7. The Bertz CT molecular complexity index is 1010. The van der Waals surface area contributed by atoms with E-state index in [1.54, 1.807) is 6.92 Å². The molecular weight excluding hydrogens is 406 g/mol. The van der Waals surface area contributed by atoms with Gasteiger partial charge in [0.2, 0.25) is 0 Å². The topological polar surface area (TPSA) is 74.2 Å². The predicted octanol–water partition coefficient (Wildman–Crippen LogP) is 4.06. The number of Topliss-reactive ketones (excluding diaryl/α,β-unsaturated/α-hetero) is 1. The maximum atomic E-state index is 13.9. The fourth-order valence-corrected chi connectivity index (χ4v) is 6.23. The molecule has 0 radical (unpaired) electrons. The predicted molar refractivity (Wildman–Crippen MR) is 122 cm³/mol. The largest absolute Gasteiger partial charge is 0.461 e. The number of fused-ring (bicyclic) bond motifs is 8. The third-order valence-corrected chi connectivity index (χ3v) is 7.42. The van der Waals surface area contributed by atoms with E-state index in [0.717, 1.165) is 29.6 Å². The van der Waals surface area contributed by atoms with E-state index in [9.17, 15) is 9.59 Å². The number of hydrogen-bond donors (Lipinski definition) is 0. The zero-order chi connectivity index (χ0) is 22.0. The van der Waals surface area contributed by atoms with E-state index in [4.69, 9.17) is 14.3 Å². The number of esters is 1. The van der Waals surface area contributed by atoms with Crippen molar-refractivity contribution in [2.24, 2.45) is 22.9 Å². The van der Waals surface area contributed by atoms with Gasteiger partial charge in [-0.3, -0.25) is 4.79 Å². The number of nitrogens with zero attached hydrogens (tertiary/aromatic N) is 1. The van der Waals surface area contributed by atoms with Crippen molar-refractivity contribution in [1.29, 1.82) is 0 Å². The summed E-state index contributed by atoms with van der Waals surface area (Å²) in [5.41, 5.74) is 6.98. The first-order valence-corrected chi connectivity index (χ1v) is 11.4. The lowest BCUT2D eigenvalue weighted by Crippen LogP contribution is -2.46. The van der Waals surface area contributed by atoms with E-state index in [2.05, 4.69) is 45.0 Å². The van der Waals surface area contributed by atoms with Crippen LogP contribution in [0.1, 0.15) is 57.4 Å². The lowest BCUT2D eigenvalue weighted by atomic mass is 9.70. The molecule has 4 unspecified atom stereocenters. The average Bonchev–Trinajstić information content (AvgIpc) is 3.48. The van der Waals surface area contributed by atoms with Crippen LogP contribution in [0.25, 0.3) is 5.57 Å². The van der Waals surface area contributed by atoms with Gasteiger partial charge in [0.15, 0.2) is 17.6 Å². The van der Waals surface area contributed by atoms with E-state index in [1.165, 1.54) is 16.7 Å². The van der Waals surface area contributed by atoms with E-state index in [0.29, 0.717) is 0 Å². The summed E-state index contributed by atoms with van der Waals surface area (Å²) in [4.78, 5) is 31.9. The summed E-state index contributed by atoms with van der Waals surface area (Å²) < 4.78 is 11.4. The average molecular weight is 440 g/mol. The highest BCUT2D eigenvalue weighted by molar-refractivity contribution is 6.38. The van der Waals surface area contributed by atoms with Crippen molar-refractivity contribution in [2.75, 3.05) is 6.61 Å². The molecule has 32 heavy (non-hydrogen) atoms. The van der Waals surface area contributed by atoms with Crippen molar-refractivity contribution >= 4 is 23.0 Å². The van der Waals surface area contributed by atoms with Gasteiger partial charge < -0.3 is 14.3 Å². The van der Waals surface area contributed by atoms with E-state index < -0.39 is 12.1 Å². The molecule has 0 aromatic heterocycles. The third-order valence-electron chi connectivity index (χ3n) is 7.42. The molecule has 1 aromatic carbocycles. The Hall–Kier alpha value is -2.47. The van der Waals surface area contributed by atoms with Crippen LogP contribution in [-0.4, -0.2) is 42.4 Å². The van der Waals surface area contributed by atoms with Crippen LogP contribution in [0.4, 0.5) is 0 Å². The molecule has 2 saturated heterocycles. The summed E-state index contributed by atoms with van der Waals surface area (Å²) in [6.45, 7) is 10.5. The second kappa shape index (κ2) is 8.14. The van der Waals surface area contributed by atoms with Gasteiger partial charge in [-0.1, -0.05) is 49.7 Å². The Morgan fingerprint density at radius 1 is 1.00 bits per heavy atom. The Labute approximate surface area is 190 Å². The summed E-state index contributed by atoms with van der Waals surface area (Å²) in [5.74, 6) is -0.995. The first-order chi connectivity index (χ1) is 14.9. The van der Waals surface area contributed by atoms with Crippen molar-refractivity contribution in [3.05, 3.63) is 40.0 Å². The monoisotopic (exact) mass is 439 g/mol. The molecule has 3 aliphatic heterocycles. The normalized spacial score (nSPS) is 31.8. The summed E-state index contributed by atoms with van der Waals surface area (Å²) in [6, 6.07) is 4.40. The van der Waals surface area contributed by atoms with Crippen molar-refractivity contribution in [3.8, 4) is 0 Å². The molecule has 3 heterocycles. The standard InChI is InChI=1S/C25H29NO5.CH4/c1-6-13-9-11(4)10-14(7-2)17(13)15-12(5)16-18(21(15)27)22-19-20(25(28)29-8-3)26-31-24(19)23(16)30-22;/h9-10,16,18-19,22-24H,6-8H2,1-5H3;1H4/t16-,18-,19?,22?,23?,24?;/m0./s1. The number of ether oxygens (including phenoxy) is 2. The van der Waals surface area contributed by atoms with Crippen LogP contribution in [0.5, 0.6) is 0 Å². The van der Waals surface area contributed by atoms with Gasteiger partial charge in [0.25, 0.3) is 0 Å². The van der Waals surface area contributed by atoms with Crippen LogP contribution in [-0.2, 0) is 36.7 Å².